The standard InChI is InChI=1S/C13H15N3O2.C11H17N3/c1-2-16-6-5-9-8(7-16)3-4-10-11(9)15-13(18)12(17)14-10;1-2-14-6-5-9-8(7-14)3-4-10(12)11(9)13/h3-4H,2,5-7H2,1H3,(H,14,17)(H,15,18);3-4H,2,5-7,12-13H2,1H3. The van der Waals surface area contributed by atoms with E-state index < -0.39 is 11.1 Å². The highest BCUT2D eigenvalue weighted by atomic mass is 16.2. The minimum atomic E-state index is -0.589. The Bertz CT molecular complexity index is 1250. The van der Waals surface area contributed by atoms with Crippen LogP contribution in [-0.2, 0) is 25.9 Å². The number of fused-ring (bicyclic) bond motifs is 4. The molecule has 0 spiro atoms. The van der Waals surface area contributed by atoms with E-state index >= 15 is 0 Å². The summed E-state index contributed by atoms with van der Waals surface area (Å²) in [5.41, 5.74) is 18.5. The Hall–Kier alpha value is -3.10. The van der Waals surface area contributed by atoms with Crippen LogP contribution in [0, 0.1) is 0 Å². The normalized spacial score (nSPS) is 16.2. The number of aromatic nitrogens is 2. The lowest BCUT2D eigenvalue weighted by Gasteiger charge is -2.28. The molecule has 1 aromatic heterocycles. The van der Waals surface area contributed by atoms with Gasteiger partial charge in [-0.1, -0.05) is 26.0 Å². The number of H-pyrrole nitrogens is 2. The molecule has 0 aliphatic carbocycles. The number of nitrogens with one attached hydrogen (secondary N) is 2. The van der Waals surface area contributed by atoms with Gasteiger partial charge < -0.3 is 21.4 Å². The Kier molecular flexibility index (Phi) is 6.34. The van der Waals surface area contributed by atoms with E-state index in [4.69, 9.17) is 11.5 Å². The van der Waals surface area contributed by atoms with Crippen LogP contribution in [0.3, 0.4) is 0 Å². The van der Waals surface area contributed by atoms with Crippen LogP contribution in [0.1, 0.15) is 36.1 Å². The molecule has 0 saturated carbocycles. The first-order valence-corrected chi connectivity index (χ1v) is 11.3. The van der Waals surface area contributed by atoms with Crippen molar-refractivity contribution in [2.45, 2.75) is 39.8 Å². The molecule has 0 saturated heterocycles. The Morgan fingerprint density at radius 1 is 0.812 bits per heavy atom. The fourth-order valence-electron chi connectivity index (χ4n) is 4.61. The molecule has 8 nitrogen and oxygen atoms in total. The third kappa shape index (κ3) is 4.28. The maximum Gasteiger partial charge on any atom is 0.314 e. The minimum Gasteiger partial charge on any atom is -0.397 e. The van der Waals surface area contributed by atoms with Gasteiger partial charge in [0.05, 0.1) is 22.4 Å². The molecule has 0 fully saturated rings. The van der Waals surface area contributed by atoms with Gasteiger partial charge in [-0.25, -0.2) is 0 Å². The van der Waals surface area contributed by atoms with Crippen molar-refractivity contribution in [3.8, 4) is 0 Å². The number of likely N-dealkylation sites (N-methyl/N-ethyl adjacent to an activating group) is 2. The Morgan fingerprint density at radius 2 is 1.38 bits per heavy atom. The maximum atomic E-state index is 11.4. The van der Waals surface area contributed by atoms with Gasteiger partial charge in [-0.15, -0.1) is 0 Å². The van der Waals surface area contributed by atoms with E-state index in [1.54, 1.807) is 0 Å². The van der Waals surface area contributed by atoms with E-state index in [0.717, 1.165) is 68.9 Å². The van der Waals surface area contributed by atoms with E-state index in [2.05, 4.69) is 39.7 Å². The zero-order valence-corrected chi connectivity index (χ0v) is 18.8. The fraction of sp³-hybridized carbons (Fsp3) is 0.417. The van der Waals surface area contributed by atoms with Gasteiger partial charge in [0.1, 0.15) is 0 Å². The van der Waals surface area contributed by atoms with Crippen molar-refractivity contribution in [1.82, 2.24) is 19.8 Å². The van der Waals surface area contributed by atoms with Crippen LogP contribution in [0.15, 0.2) is 33.9 Å². The second-order valence-electron chi connectivity index (χ2n) is 8.48. The molecule has 32 heavy (non-hydrogen) atoms. The summed E-state index contributed by atoms with van der Waals surface area (Å²) in [6.45, 7) is 10.5. The SMILES string of the molecule is CCN1CCc2c(ccc(N)c2N)C1.CCN1CCc2c(ccc3[nH]c(=O)c(=O)[nH]c23)C1. The van der Waals surface area contributed by atoms with Gasteiger partial charge in [0.25, 0.3) is 0 Å². The molecule has 0 bridgehead atoms. The summed E-state index contributed by atoms with van der Waals surface area (Å²) < 4.78 is 0. The van der Waals surface area contributed by atoms with Crippen LogP contribution in [0.25, 0.3) is 11.0 Å². The van der Waals surface area contributed by atoms with Crippen molar-refractivity contribution >= 4 is 22.4 Å². The first-order chi connectivity index (χ1) is 15.4. The molecule has 2 aliphatic rings. The summed E-state index contributed by atoms with van der Waals surface area (Å²) in [6, 6.07) is 7.91. The molecule has 5 rings (SSSR count). The van der Waals surface area contributed by atoms with Crippen LogP contribution in [0.2, 0.25) is 0 Å². The van der Waals surface area contributed by atoms with E-state index in [-0.39, 0.29) is 0 Å². The smallest absolute Gasteiger partial charge is 0.314 e. The van der Waals surface area contributed by atoms with Crippen molar-refractivity contribution in [2.75, 3.05) is 37.6 Å². The van der Waals surface area contributed by atoms with E-state index in [1.807, 2.05) is 18.2 Å². The molecule has 8 heteroatoms. The van der Waals surface area contributed by atoms with Crippen molar-refractivity contribution < 1.29 is 0 Å². The van der Waals surface area contributed by atoms with Gasteiger partial charge >= 0.3 is 11.1 Å². The van der Waals surface area contributed by atoms with Crippen LogP contribution >= 0.6 is 0 Å². The van der Waals surface area contributed by atoms with Crippen LogP contribution in [0.4, 0.5) is 11.4 Å². The molecule has 0 amide bonds. The van der Waals surface area contributed by atoms with Gasteiger partial charge in [-0.05, 0) is 60.3 Å². The largest absolute Gasteiger partial charge is 0.397 e. The molecule has 0 atom stereocenters. The summed E-state index contributed by atoms with van der Waals surface area (Å²) >= 11 is 0. The second-order valence-corrected chi connectivity index (χ2v) is 8.48. The third-order valence-corrected chi connectivity index (χ3v) is 6.63. The summed E-state index contributed by atoms with van der Waals surface area (Å²) in [4.78, 5) is 32.8. The lowest BCUT2D eigenvalue weighted by Crippen LogP contribution is -2.32. The van der Waals surface area contributed by atoms with E-state index in [0.29, 0.717) is 11.2 Å². The van der Waals surface area contributed by atoms with Gasteiger partial charge in [-0.3, -0.25) is 19.4 Å². The Morgan fingerprint density at radius 3 is 2.03 bits per heavy atom. The predicted octanol–water partition coefficient (Wildman–Crippen LogP) is 1.82. The highest BCUT2D eigenvalue weighted by Crippen LogP contribution is 2.28. The van der Waals surface area contributed by atoms with Crippen molar-refractivity contribution in [1.29, 1.82) is 0 Å². The molecule has 0 unspecified atom stereocenters. The topological polar surface area (TPSA) is 124 Å². The number of hydrogen-bond donors (Lipinski definition) is 4. The molecule has 2 aliphatic heterocycles. The minimum absolute atomic E-state index is 0.575. The molecule has 0 radical (unpaired) electrons. The Balaban J connectivity index is 0.000000158. The van der Waals surface area contributed by atoms with Gasteiger partial charge in [0, 0.05) is 26.2 Å². The predicted molar refractivity (Wildman–Crippen MR) is 130 cm³/mol. The fourth-order valence-corrected chi connectivity index (χ4v) is 4.61. The second kappa shape index (κ2) is 9.18. The molecule has 6 N–H and O–H groups in total. The molecule has 170 valence electrons. The number of hydrogen-bond acceptors (Lipinski definition) is 6. The molecule has 2 aromatic carbocycles. The van der Waals surface area contributed by atoms with Gasteiger partial charge in [0.2, 0.25) is 0 Å². The lowest BCUT2D eigenvalue weighted by atomic mass is 9.97. The zero-order chi connectivity index (χ0) is 22.8. The first-order valence-electron chi connectivity index (χ1n) is 11.3. The molecular weight excluding hydrogens is 404 g/mol. The number of rotatable bonds is 2. The molecular formula is C24H32N6O2. The lowest BCUT2D eigenvalue weighted by molar-refractivity contribution is 0.268. The highest BCUT2D eigenvalue weighted by molar-refractivity contribution is 5.79. The average Bonchev–Trinajstić information content (AvgIpc) is 2.82. The maximum absolute atomic E-state index is 11.4. The van der Waals surface area contributed by atoms with Crippen molar-refractivity contribution in [2.24, 2.45) is 0 Å². The summed E-state index contributed by atoms with van der Waals surface area (Å²) in [7, 11) is 0. The third-order valence-electron chi connectivity index (χ3n) is 6.63. The number of nitrogen functional groups attached to an aromatic ring is 2. The van der Waals surface area contributed by atoms with Gasteiger partial charge in [0.15, 0.2) is 0 Å². The molecule has 3 heterocycles. The van der Waals surface area contributed by atoms with Crippen LogP contribution in [0.5, 0.6) is 0 Å². The summed E-state index contributed by atoms with van der Waals surface area (Å²) in [6.07, 6.45) is 1.93. The van der Waals surface area contributed by atoms with E-state index in [9.17, 15) is 9.59 Å². The quantitative estimate of drug-likeness (QED) is 0.359. The van der Waals surface area contributed by atoms with Crippen LogP contribution < -0.4 is 22.6 Å². The number of aromatic amines is 2. The number of nitrogens with zero attached hydrogens (tertiary/aromatic N) is 2. The van der Waals surface area contributed by atoms with E-state index in [1.165, 1.54) is 16.7 Å². The average molecular weight is 437 g/mol. The first kappa shape index (κ1) is 22.1. The number of nitrogens with two attached hydrogens (primary N) is 2. The van der Waals surface area contributed by atoms with Gasteiger partial charge in [-0.2, -0.15) is 0 Å². The monoisotopic (exact) mass is 436 g/mol. The summed E-state index contributed by atoms with van der Waals surface area (Å²) in [5, 5.41) is 0. The van der Waals surface area contributed by atoms with Crippen LogP contribution in [-0.4, -0.2) is 45.9 Å². The van der Waals surface area contributed by atoms with Crippen molar-refractivity contribution in [3.63, 3.8) is 0 Å². The number of anilines is 2. The van der Waals surface area contributed by atoms with Crippen molar-refractivity contribution in [3.05, 3.63) is 67.2 Å². The zero-order valence-electron chi connectivity index (χ0n) is 18.8. The summed E-state index contributed by atoms with van der Waals surface area (Å²) in [5.74, 6) is 0. The highest BCUT2D eigenvalue weighted by Gasteiger charge is 2.19. The Labute approximate surface area is 187 Å². The number of benzene rings is 2. The molecule has 3 aromatic rings.